The van der Waals surface area contributed by atoms with E-state index in [1.54, 1.807) is 26.4 Å². The predicted molar refractivity (Wildman–Crippen MR) is 78.2 cm³/mol. The van der Waals surface area contributed by atoms with Gasteiger partial charge in [-0.05, 0) is 18.6 Å². The van der Waals surface area contributed by atoms with E-state index in [0.29, 0.717) is 12.1 Å². The average Bonchev–Trinajstić information content (AvgIpc) is 2.43. The molecule has 1 aromatic rings. The Balaban J connectivity index is 2.63. The summed E-state index contributed by atoms with van der Waals surface area (Å²) in [5.41, 5.74) is 6.32. The number of pyridine rings is 1. The molecule has 19 heavy (non-hydrogen) atoms. The first kappa shape index (κ1) is 15.4. The van der Waals surface area contributed by atoms with Crippen molar-refractivity contribution in [2.24, 2.45) is 5.73 Å². The van der Waals surface area contributed by atoms with Gasteiger partial charge in [-0.25, -0.2) is 4.98 Å². The van der Waals surface area contributed by atoms with Crippen LogP contribution in [0.25, 0.3) is 0 Å². The minimum atomic E-state index is -0.0413. The highest BCUT2D eigenvalue weighted by Gasteiger charge is 2.10. The van der Waals surface area contributed by atoms with Crippen LogP contribution in [0.2, 0.25) is 0 Å². The Labute approximate surface area is 115 Å². The van der Waals surface area contributed by atoms with Gasteiger partial charge in [-0.15, -0.1) is 0 Å². The molecule has 3 N–H and O–H groups in total. The Hall–Kier alpha value is -1.62. The number of hydrogen-bond acceptors (Lipinski definition) is 4. The van der Waals surface area contributed by atoms with Gasteiger partial charge in [-0.1, -0.05) is 19.8 Å². The van der Waals surface area contributed by atoms with Gasteiger partial charge in [0.2, 0.25) is 0 Å². The molecular formula is C14H24N4O. The summed E-state index contributed by atoms with van der Waals surface area (Å²) in [6.07, 6.45) is 4.93. The maximum atomic E-state index is 11.7. The second kappa shape index (κ2) is 7.74. The van der Waals surface area contributed by atoms with Crippen LogP contribution in [0.1, 0.15) is 36.5 Å². The molecule has 1 unspecified atom stereocenters. The van der Waals surface area contributed by atoms with E-state index in [4.69, 9.17) is 5.73 Å². The fraction of sp³-hybridized carbons (Fsp3) is 0.571. The molecule has 0 spiro atoms. The minimum absolute atomic E-state index is 0.0413. The van der Waals surface area contributed by atoms with Gasteiger partial charge >= 0.3 is 0 Å². The zero-order chi connectivity index (χ0) is 14.3. The van der Waals surface area contributed by atoms with Crippen molar-refractivity contribution in [3.8, 4) is 0 Å². The SMILES string of the molecule is CCCCC(CN)Nc1ccc(C(=O)N(C)C)cn1. The second-order valence-electron chi connectivity index (χ2n) is 4.85. The number of rotatable bonds is 7. The van der Waals surface area contributed by atoms with Crippen LogP contribution in [0.15, 0.2) is 18.3 Å². The zero-order valence-corrected chi connectivity index (χ0v) is 12.0. The molecule has 1 heterocycles. The number of unbranched alkanes of at least 4 members (excludes halogenated alkanes) is 1. The summed E-state index contributed by atoms with van der Waals surface area (Å²) in [4.78, 5) is 17.5. The highest BCUT2D eigenvalue weighted by atomic mass is 16.2. The van der Waals surface area contributed by atoms with E-state index in [0.717, 1.165) is 25.1 Å². The van der Waals surface area contributed by atoms with Crippen LogP contribution in [0.4, 0.5) is 5.82 Å². The van der Waals surface area contributed by atoms with E-state index >= 15 is 0 Å². The lowest BCUT2D eigenvalue weighted by atomic mass is 10.1. The Kier molecular flexibility index (Phi) is 6.29. The Morgan fingerprint density at radius 2 is 2.21 bits per heavy atom. The molecule has 0 aliphatic rings. The molecule has 0 aliphatic carbocycles. The number of amides is 1. The smallest absolute Gasteiger partial charge is 0.254 e. The average molecular weight is 264 g/mol. The van der Waals surface area contributed by atoms with Crippen LogP contribution >= 0.6 is 0 Å². The molecule has 1 aromatic heterocycles. The molecule has 5 heteroatoms. The van der Waals surface area contributed by atoms with Crippen molar-refractivity contribution >= 4 is 11.7 Å². The predicted octanol–water partition coefficient (Wildman–Crippen LogP) is 1.71. The quantitative estimate of drug-likeness (QED) is 0.786. The maximum absolute atomic E-state index is 11.7. The van der Waals surface area contributed by atoms with E-state index in [9.17, 15) is 4.79 Å². The fourth-order valence-corrected chi connectivity index (χ4v) is 1.77. The highest BCUT2D eigenvalue weighted by Crippen LogP contribution is 2.10. The topological polar surface area (TPSA) is 71.2 Å². The molecule has 1 atom stereocenters. The molecule has 0 saturated heterocycles. The molecule has 0 saturated carbocycles. The van der Waals surface area contributed by atoms with Gasteiger partial charge in [0.25, 0.3) is 5.91 Å². The van der Waals surface area contributed by atoms with Crippen molar-refractivity contribution in [2.45, 2.75) is 32.2 Å². The third-order valence-corrected chi connectivity index (χ3v) is 2.96. The monoisotopic (exact) mass is 264 g/mol. The molecule has 5 nitrogen and oxygen atoms in total. The largest absolute Gasteiger partial charge is 0.366 e. The summed E-state index contributed by atoms with van der Waals surface area (Å²) in [6.45, 7) is 2.74. The first-order valence-corrected chi connectivity index (χ1v) is 6.72. The van der Waals surface area contributed by atoms with Crippen LogP contribution in [-0.4, -0.2) is 42.5 Å². The molecular weight excluding hydrogens is 240 g/mol. The summed E-state index contributed by atoms with van der Waals surface area (Å²) in [5, 5.41) is 3.30. The Morgan fingerprint density at radius 1 is 1.47 bits per heavy atom. The van der Waals surface area contributed by atoms with E-state index < -0.39 is 0 Å². The van der Waals surface area contributed by atoms with Crippen molar-refractivity contribution in [2.75, 3.05) is 26.0 Å². The molecule has 1 rings (SSSR count). The molecule has 0 bridgehead atoms. The number of anilines is 1. The van der Waals surface area contributed by atoms with Crippen molar-refractivity contribution in [1.82, 2.24) is 9.88 Å². The fourth-order valence-electron chi connectivity index (χ4n) is 1.77. The molecule has 106 valence electrons. The number of carbonyl (C=O) groups is 1. The lowest BCUT2D eigenvalue weighted by Crippen LogP contribution is -2.29. The van der Waals surface area contributed by atoms with E-state index in [2.05, 4.69) is 17.2 Å². The first-order chi connectivity index (χ1) is 9.08. The molecule has 0 aromatic carbocycles. The molecule has 0 radical (unpaired) electrons. The number of nitrogens with one attached hydrogen (secondary N) is 1. The molecule has 1 amide bonds. The van der Waals surface area contributed by atoms with E-state index in [1.165, 1.54) is 4.90 Å². The van der Waals surface area contributed by atoms with Crippen molar-refractivity contribution in [1.29, 1.82) is 0 Å². The van der Waals surface area contributed by atoms with Gasteiger partial charge in [0, 0.05) is 32.9 Å². The lowest BCUT2D eigenvalue weighted by Gasteiger charge is -2.17. The summed E-state index contributed by atoms with van der Waals surface area (Å²) >= 11 is 0. The Morgan fingerprint density at radius 3 is 2.68 bits per heavy atom. The Bertz CT molecular complexity index is 389. The van der Waals surface area contributed by atoms with Gasteiger partial charge in [-0.3, -0.25) is 4.79 Å². The van der Waals surface area contributed by atoms with Gasteiger partial charge in [0.1, 0.15) is 5.82 Å². The van der Waals surface area contributed by atoms with Crippen LogP contribution in [-0.2, 0) is 0 Å². The van der Waals surface area contributed by atoms with Crippen molar-refractivity contribution in [3.05, 3.63) is 23.9 Å². The standard InChI is InChI=1S/C14H24N4O/c1-4-5-6-12(9-15)17-13-8-7-11(10-16-13)14(19)18(2)3/h7-8,10,12H,4-6,9,15H2,1-3H3,(H,16,17). The number of nitrogens with two attached hydrogens (primary N) is 1. The van der Waals surface area contributed by atoms with Gasteiger partial charge < -0.3 is 16.0 Å². The van der Waals surface area contributed by atoms with E-state index in [-0.39, 0.29) is 11.9 Å². The zero-order valence-electron chi connectivity index (χ0n) is 12.0. The lowest BCUT2D eigenvalue weighted by molar-refractivity contribution is 0.0827. The summed E-state index contributed by atoms with van der Waals surface area (Å²) < 4.78 is 0. The van der Waals surface area contributed by atoms with Gasteiger partial charge in [-0.2, -0.15) is 0 Å². The third-order valence-electron chi connectivity index (χ3n) is 2.96. The number of nitrogens with zero attached hydrogens (tertiary/aromatic N) is 2. The number of hydrogen-bond donors (Lipinski definition) is 2. The van der Waals surface area contributed by atoms with Gasteiger partial charge in [0.15, 0.2) is 0 Å². The van der Waals surface area contributed by atoms with Crippen LogP contribution in [0.5, 0.6) is 0 Å². The summed E-state index contributed by atoms with van der Waals surface area (Å²) in [6, 6.07) is 3.85. The second-order valence-corrected chi connectivity index (χ2v) is 4.85. The third kappa shape index (κ3) is 4.87. The first-order valence-electron chi connectivity index (χ1n) is 6.72. The maximum Gasteiger partial charge on any atom is 0.254 e. The van der Waals surface area contributed by atoms with E-state index in [1.807, 2.05) is 6.07 Å². The highest BCUT2D eigenvalue weighted by molar-refractivity contribution is 5.93. The van der Waals surface area contributed by atoms with Crippen molar-refractivity contribution < 1.29 is 4.79 Å². The van der Waals surface area contributed by atoms with Crippen LogP contribution in [0.3, 0.4) is 0 Å². The van der Waals surface area contributed by atoms with Crippen LogP contribution < -0.4 is 11.1 Å². The normalized spacial score (nSPS) is 12.0. The minimum Gasteiger partial charge on any atom is -0.366 e. The van der Waals surface area contributed by atoms with Crippen molar-refractivity contribution in [3.63, 3.8) is 0 Å². The van der Waals surface area contributed by atoms with Crippen LogP contribution in [0, 0.1) is 0 Å². The molecule has 0 aliphatic heterocycles. The number of aromatic nitrogens is 1. The summed E-state index contributed by atoms with van der Waals surface area (Å²) in [5.74, 6) is 0.724. The molecule has 0 fully saturated rings. The summed E-state index contributed by atoms with van der Waals surface area (Å²) in [7, 11) is 3.45. The number of carbonyl (C=O) groups excluding carboxylic acids is 1. The van der Waals surface area contributed by atoms with Gasteiger partial charge in [0.05, 0.1) is 5.56 Å².